The van der Waals surface area contributed by atoms with Crippen LogP contribution >= 0.6 is 23.1 Å². The molecule has 3 aliphatic rings. The number of rotatable bonds is 16. The molecule has 3 aromatic rings. The van der Waals surface area contributed by atoms with Crippen LogP contribution in [0, 0.1) is 0 Å². The zero-order valence-electron chi connectivity index (χ0n) is 30.7. The number of nitrogens with two attached hydrogens (primary N) is 1. The summed E-state index contributed by atoms with van der Waals surface area (Å²) >= 11 is 2.14. The molecule has 0 bridgehead atoms. The van der Waals surface area contributed by atoms with Gasteiger partial charge in [0.2, 0.25) is 11.5 Å². The molecule has 0 aliphatic carbocycles. The van der Waals surface area contributed by atoms with E-state index in [1.54, 1.807) is 11.5 Å². The number of phenols is 2. The fraction of sp³-hybridized carbons (Fsp3) is 0.400. The van der Waals surface area contributed by atoms with Gasteiger partial charge in [-0.25, -0.2) is 14.6 Å². The Balaban J connectivity index is 1.16. The third-order valence-corrected chi connectivity index (χ3v) is 12.1. The van der Waals surface area contributed by atoms with Crippen LogP contribution in [0.1, 0.15) is 42.2 Å². The highest BCUT2D eigenvalue weighted by atomic mass is 32.2. The van der Waals surface area contributed by atoms with Crippen molar-refractivity contribution in [1.82, 2.24) is 25.1 Å². The summed E-state index contributed by atoms with van der Waals surface area (Å²) in [6, 6.07) is 1.50. The van der Waals surface area contributed by atoms with Gasteiger partial charge in [-0.3, -0.25) is 28.9 Å². The number of carbonyl (C=O) groups is 6. The molecule has 9 N–H and O–H groups in total. The normalized spacial score (nSPS) is 19.3. The lowest BCUT2D eigenvalue weighted by Crippen LogP contribution is -2.71. The molecular weight excluding hydrogens is 805 g/mol. The lowest BCUT2D eigenvalue weighted by Gasteiger charge is -2.50. The SMILES string of the molecule is CCn1cc(C(=O)NCC[N+]2(CC3=C(C(=O)O)N4C(=O)C(NC(=O)/C(=N\O[C@@H](CC(=O)O)C(=O)O)c5csc(N)n5)C4SC3)CCCC2)c(=O)c2c(O)c(O)ccc21. The molecule has 3 atom stereocenters. The van der Waals surface area contributed by atoms with E-state index in [0.29, 0.717) is 41.8 Å². The van der Waals surface area contributed by atoms with E-state index < -0.39 is 82.2 Å². The molecule has 2 saturated heterocycles. The topological polar surface area (TPSA) is 313 Å². The van der Waals surface area contributed by atoms with Crippen molar-refractivity contribution < 1.29 is 63.6 Å². The average Bonchev–Trinajstić information content (AvgIpc) is 3.83. The number of β-lactam (4-membered cyclic amide) rings is 1. The van der Waals surface area contributed by atoms with Crippen LogP contribution in [0.3, 0.4) is 0 Å². The van der Waals surface area contributed by atoms with Crippen molar-refractivity contribution in [2.45, 2.75) is 50.3 Å². The van der Waals surface area contributed by atoms with Gasteiger partial charge in [0.05, 0.1) is 43.5 Å². The number of phenolic OH excluding ortho intramolecular Hbond substituents is 2. The number of thioether (sulfide) groups is 1. The Labute approximate surface area is 336 Å². The average molecular weight is 844 g/mol. The predicted octanol–water partition coefficient (Wildman–Crippen LogP) is -0.101. The minimum absolute atomic E-state index is 0.0170. The summed E-state index contributed by atoms with van der Waals surface area (Å²) in [5.41, 5.74) is 4.59. The lowest BCUT2D eigenvalue weighted by atomic mass is 10.0. The van der Waals surface area contributed by atoms with E-state index >= 15 is 0 Å². The number of benzene rings is 1. The molecular formula is C35H39N8O13S2+. The Bertz CT molecular complexity index is 2330. The van der Waals surface area contributed by atoms with E-state index in [-0.39, 0.29) is 46.3 Å². The summed E-state index contributed by atoms with van der Waals surface area (Å²) in [5.74, 6) is -7.91. The molecule has 1 aromatic carbocycles. The van der Waals surface area contributed by atoms with Gasteiger partial charge in [0.15, 0.2) is 22.3 Å². The van der Waals surface area contributed by atoms with Crippen molar-refractivity contribution in [3.8, 4) is 11.5 Å². The number of aromatic hydroxyl groups is 2. The maximum absolute atomic E-state index is 13.6. The van der Waals surface area contributed by atoms with Crippen LogP contribution in [-0.4, -0.2) is 142 Å². The van der Waals surface area contributed by atoms with Crippen molar-refractivity contribution in [3.63, 3.8) is 0 Å². The second-order valence-electron chi connectivity index (χ2n) is 13.8. The number of nitrogen functional groups attached to an aromatic ring is 1. The molecule has 0 radical (unpaired) electrons. The van der Waals surface area contributed by atoms with Gasteiger partial charge in [0, 0.05) is 42.3 Å². The van der Waals surface area contributed by atoms with Gasteiger partial charge >= 0.3 is 17.9 Å². The summed E-state index contributed by atoms with van der Waals surface area (Å²) in [6.07, 6.45) is 0.109. The molecule has 3 aliphatic heterocycles. The number of pyridine rings is 1. The lowest BCUT2D eigenvalue weighted by molar-refractivity contribution is -0.911. The molecule has 308 valence electrons. The maximum Gasteiger partial charge on any atom is 0.352 e. The predicted molar refractivity (Wildman–Crippen MR) is 206 cm³/mol. The largest absolute Gasteiger partial charge is 0.504 e. The highest BCUT2D eigenvalue weighted by Crippen LogP contribution is 2.41. The Morgan fingerprint density at radius 3 is 2.47 bits per heavy atom. The molecule has 2 unspecified atom stereocenters. The van der Waals surface area contributed by atoms with Crippen LogP contribution in [-0.2, 0) is 35.4 Å². The zero-order valence-corrected chi connectivity index (χ0v) is 32.4. The molecule has 23 heteroatoms. The summed E-state index contributed by atoms with van der Waals surface area (Å²) < 4.78 is 2.00. The molecule has 2 fully saturated rings. The number of carbonyl (C=O) groups excluding carboxylic acids is 3. The number of aliphatic carboxylic acids is 3. The third kappa shape index (κ3) is 8.13. The molecule has 5 heterocycles. The fourth-order valence-corrected chi connectivity index (χ4v) is 9.19. The number of nitrogens with one attached hydrogen (secondary N) is 2. The quantitative estimate of drug-likeness (QED) is 0.0307. The molecule has 6 rings (SSSR count). The number of nitrogens with zero attached hydrogens (tertiary/aromatic N) is 5. The van der Waals surface area contributed by atoms with Crippen LogP contribution in [0.15, 0.2) is 44.9 Å². The van der Waals surface area contributed by atoms with Gasteiger partial charge in [0.25, 0.3) is 17.7 Å². The molecule has 2 aromatic heterocycles. The standard InChI is InChI=1S/C35H38N8O13S2/c1-2-41-12-17(27(47)23-19(41)5-6-20(44)28(23)48)29(49)37-7-10-43(8-3-4-9-43)13-16-14-57-32-25(31(51)42(32)26(16)34(54)55)39-30(50)24(18-15-58-35(36)38-18)40-56-21(33(52)53)11-22(45)46/h5-6,12,15,21,25,32H,2-4,7-11,13-14H2,1H3,(H8-,36,37,38,39,40,44,45,46,47,48,49,50,52,53,54,55)/p+1/t21-,25?,32?/m0/s1. The number of amides is 3. The number of carboxylic acids is 3. The number of quaternary nitrogens is 1. The van der Waals surface area contributed by atoms with E-state index in [2.05, 4.69) is 20.8 Å². The summed E-state index contributed by atoms with van der Waals surface area (Å²) in [4.78, 5) is 99.0. The van der Waals surface area contributed by atoms with Crippen LogP contribution in [0.2, 0.25) is 0 Å². The van der Waals surface area contributed by atoms with Gasteiger partial charge in [-0.05, 0) is 19.1 Å². The number of thiazole rings is 1. The minimum Gasteiger partial charge on any atom is -0.504 e. The minimum atomic E-state index is -1.96. The van der Waals surface area contributed by atoms with Crippen LogP contribution in [0.4, 0.5) is 5.13 Å². The Morgan fingerprint density at radius 1 is 1.12 bits per heavy atom. The summed E-state index contributed by atoms with van der Waals surface area (Å²) in [5, 5.41) is 58.4. The summed E-state index contributed by atoms with van der Waals surface area (Å²) in [6.45, 7) is 4.18. The van der Waals surface area contributed by atoms with Crippen molar-refractivity contribution >= 4 is 80.5 Å². The van der Waals surface area contributed by atoms with Gasteiger partial charge in [-0.2, -0.15) is 0 Å². The first-order valence-electron chi connectivity index (χ1n) is 17.9. The van der Waals surface area contributed by atoms with Crippen molar-refractivity contribution in [2.75, 3.05) is 44.2 Å². The molecule has 3 amide bonds. The number of aromatic nitrogens is 2. The number of fused-ring (bicyclic) bond motifs is 2. The number of hydrogen-bond donors (Lipinski definition) is 8. The van der Waals surface area contributed by atoms with Gasteiger partial charge in [-0.1, -0.05) is 5.16 Å². The number of anilines is 1. The second kappa shape index (κ2) is 16.7. The number of aryl methyl sites for hydroxylation is 1. The summed E-state index contributed by atoms with van der Waals surface area (Å²) in [7, 11) is 0. The zero-order chi connectivity index (χ0) is 42.1. The maximum atomic E-state index is 13.6. The monoisotopic (exact) mass is 843 g/mol. The van der Waals surface area contributed by atoms with Crippen LogP contribution in [0.5, 0.6) is 11.5 Å². The van der Waals surface area contributed by atoms with E-state index in [4.69, 9.17) is 15.7 Å². The number of carboxylic acid groups (broad SMARTS) is 3. The first-order chi connectivity index (χ1) is 27.6. The Hall–Kier alpha value is -6.20. The van der Waals surface area contributed by atoms with Crippen molar-refractivity contribution in [2.24, 2.45) is 5.16 Å². The van der Waals surface area contributed by atoms with Crippen LogP contribution < -0.4 is 21.8 Å². The molecule has 21 nitrogen and oxygen atoms in total. The van der Waals surface area contributed by atoms with Crippen molar-refractivity contribution in [1.29, 1.82) is 0 Å². The smallest absolute Gasteiger partial charge is 0.352 e. The van der Waals surface area contributed by atoms with E-state index in [1.807, 2.05) is 0 Å². The molecule has 0 spiro atoms. The van der Waals surface area contributed by atoms with E-state index in [0.717, 1.165) is 29.1 Å². The van der Waals surface area contributed by atoms with Gasteiger partial charge in [0.1, 0.15) is 34.9 Å². The van der Waals surface area contributed by atoms with E-state index in [1.165, 1.54) is 35.5 Å². The molecule has 58 heavy (non-hydrogen) atoms. The van der Waals surface area contributed by atoms with Crippen molar-refractivity contribution in [3.05, 3.63) is 56.5 Å². The first-order valence-corrected chi connectivity index (χ1v) is 19.8. The highest BCUT2D eigenvalue weighted by molar-refractivity contribution is 8.00. The van der Waals surface area contributed by atoms with Gasteiger partial charge in [-0.15, -0.1) is 23.1 Å². The molecule has 0 saturated carbocycles. The Kier molecular flexibility index (Phi) is 11.9. The highest BCUT2D eigenvalue weighted by Gasteiger charge is 2.55. The Morgan fingerprint density at radius 2 is 1.84 bits per heavy atom. The van der Waals surface area contributed by atoms with Gasteiger partial charge < -0.3 is 55.8 Å². The number of hydrogen-bond acceptors (Lipinski definition) is 15. The van der Waals surface area contributed by atoms with E-state index in [9.17, 15) is 54.0 Å². The van der Waals surface area contributed by atoms with Crippen LogP contribution in [0.25, 0.3) is 10.9 Å². The number of oxime groups is 1. The number of likely N-dealkylation sites (tertiary alicyclic amines) is 1. The fourth-order valence-electron chi connectivity index (χ4n) is 7.31. The first kappa shape index (κ1) is 41.4. The third-order valence-electron chi connectivity index (χ3n) is 10.1. The second-order valence-corrected chi connectivity index (χ2v) is 15.8.